The molecule has 0 fully saturated rings. The van der Waals surface area contributed by atoms with Crippen LogP contribution >= 0.6 is 0 Å². The van der Waals surface area contributed by atoms with Crippen molar-refractivity contribution in [3.63, 3.8) is 0 Å². The zero-order valence-corrected chi connectivity index (χ0v) is 16.0. The summed E-state index contributed by atoms with van der Waals surface area (Å²) in [7, 11) is -3.77. The van der Waals surface area contributed by atoms with E-state index in [1.54, 1.807) is 18.2 Å². The molecule has 1 heterocycles. The topological polar surface area (TPSA) is 104 Å². The van der Waals surface area contributed by atoms with Crippen LogP contribution in [-0.2, 0) is 14.8 Å². The summed E-state index contributed by atoms with van der Waals surface area (Å²) in [5, 5.41) is 8.94. The molecular formula is C20H20N4O3S. The summed E-state index contributed by atoms with van der Waals surface area (Å²) >= 11 is 0. The van der Waals surface area contributed by atoms with Crippen LogP contribution in [0.15, 0.2) is 71.9 Å². The summed E-state index contributed by atoms with van der Waals surface area (Å²) in [6.07, 6.45) is 6.61. The Balaban J connectivity index is 1.62. The first-order chi connectivity index (χ1) is 13.4. The second-order valence-electron chi connectivity index (χ2n) is 6.19. The van der Waals surface area contributed by atoms with Crippen molar-refractivity contribution in [1.82, 2.24) is 10.2 Å². The Labute approximate surface area is 163 Å². The molecule has 3 rings (SSSR count). The second-order valence-corrected chi connectivity index (χ2v) is 7.87. The van der Waals surface area contributed by atoms with Crippen LogP contribution in [0.4, 0.5) is 11.4 Å². The minimum atomic E-state index is -3.77. The molecule has 28 heavy (non-hydrogen) atoms. The maximum Gasteiger partial charge on any atom is 0.262 e. The molecule has 0 spiro atoms. The summed E-state index contributed by atoms with van der Waals surface area (Å²) < 4.78 is 27.2. The van der Waals surface area contributed by atoms with E-state index in [9.17, 15) is 13.2 Å². The molecule has 0 aliphatic heterocycles. The number of carbonyl (C=O) groups is 1. The third-order valence-electron chi connectivity index (χ3n) is 3.87. The van der Waals surface area contributed by atoms with Crippen LogP contribution in [0.3, 0.4) is 0 Å². The van der Waals surface area contributed by atoms with E-state index >= 15 is 0 Å². The van der Waals surface area contributed by atoms with Crippen LogP contribution in [0.5, 0.6) is 0 Å². The summed E-state index contributed by atoms with van der Waals surface area (Å²) in [4.78, 5) is 12.2. The number of aryl methyl sites for hydroxylation is 1. The van der Waals surface area contributed by atoms with Crippen molar-refractivity contribution in [3.05, 3.63) is 78.1 Å². The molecule has 0 atom stereocenters. The normalized spacial score (nSPS) is 11.5. The lowest BCUT2D eigenvalue weighted by molar-refractivity contribution is -0.115. The van der Waals surface area contributed by atoms with Gasteiger partial charge in [-0.05, 0) is 30.7 Å². The first-order valence-electron chi connectivity index (χ1n) is 8.57. The first kappa shape index (κ1) is 19.4. The van der Waals surface area contributed by atoms with Crippen LogP contribution in [-0.4, -0.2) is 24.5 Å². The van der Waals surface area contributed by atoms with Gasteiger partial charge >= 0.3 is 0 Å². The van der Waals surface area contributed by atoms with Gasteiger partial charge in [0, 0.05) is 18.3 Å². The molecule has 0 aliphatic rings. The summed E-state index contributed by atoms with van der Waals surface area (Å²) in [5.41, 5.74) is 2.92. The second kappa shape index (κ2) is 8.53. The first-order valence-corrected chi connectivity index (χ1v) is 10.1. The molecule has 8 heteroatoms. The van der Waals surface area contributed by atoms with Crippen molar-refractivity contribution in [2.45, 2.75) is 18.2 Å². The summed E-state index contributed by atoms with van der Waals surface area (Å²) in [6, 6.07) is 14.0. The van der Waals surface area contributed by atoms with Crippen LogP contribution in [0.1, 0.15) is 17.5 Å². The molecule has 0 saturated carbocycles. The van der Waals surface area contributed by atoms with E-state index in [1.807, 2.05) is 37.3 Å². The number of amides is 1. The van der Waals surface area contributed by atoms with Gasteiger partial charge in [0.1, 0.15) is 0 Å². The van der Waals surface area contributed by atoms with Gasteiger partial charge in [-0.3, -0.25) is 14.6 Å². The van der Waals surface area contributed by atoms with Crippen molar-refractivity contribution in [2.24, 2.45) is 0 Å². The molecule has 0 unspecified atom stereocenters. The van der Waals surface area contributed by atoms with E-state index in [0.29, 0.717) is 11.4 Å². The quantitative estimate of drug-likeness (QED) is 0.568. The lowest BCUT2D eigenvalue weighted by Gasteiger charge is -2.08. The van der Waals surface area contributed by atoms with Gasteiger partial charge < -0.3 is 5.32 Å². The number of nitrogens with zero attached hydrogens (tertiary/aromatic N) is 1. The van der Waals surface area contributed by atoms with Gasteiger partial charge in [0.2, 0.25) is 5.91 Å². The van der Waals surface area contributed by atoms with Crippen LogP contribution < -0.4 is 10.0 Å². The van der Waals surface area contributed by atoms with Crippen LogP contribution in [0, 0.1) is 6.92 Å². The smallest absolute Gasteiger partial charge is 0.262 e. The minimum absolute atomic E-state index is 0.0432. The third-order valence-corrected chi connectivity index (χ3v) is 5.25. The number of anilines is 2. The monoisotopic (exact) mass is 396 g/mol. The van der Waals surface area contributed by atoms with Crippen molar-refractivity contribution in [1.29, 1.82) is 0 Å². The predicted octanol–water partition coefficient (Wildman–Crippen LogP) is 3.56. The average molecular weight is 396 g/mol. The number of hydrogen-bond acceptors (Lipinski definition) is 4. The van der Waals surface area contributed by atoms with E-state index in [0.717, 1.165) is 5.56 Å². The number of aromatic nitrogens is 2. The Kier molecular flexibility index (Phi) is 5.90. The Hall–Kier alpha value is -3.39. The maximum absolute atomic E-state index is 12.4. The molecular weight excluding hydrogens is 376 g/mol. The molecule has 3 aromatic rings. The fourth-order valence-electron chi connectivity index (χ4n) is 2.45. The highest BCUT2D eigenvalue weighted by Gasteiger charge is 2.15. The molecule has 3 N–H and O–H groups in total. The number of aromatic amines is 1. The number of sulfonamides is 1. The SMILES string of the molecule is Cc1ccc(/C=C/CC(=O)Nc2cccc(S(=O)(=O)Nc3cn[nH]c3)c2)cc1. The Morgan fingerprint density at radius 1 is 1.14 bits per heavy atom. The van der Waals surface area contributed by atoms with E-state index in [2.05, 4.69) is 20.2 Å². The lowest BCUT2D eigenvalue weighted by Crippen LogP contribution is -2.14. The number of benzene rings is 2. The number of rotatable bonds is 7. The molecule has 7 nitrogen and oxygen atoms in total. The molecule has 1 aromatic heterocycles. The van der Waals surface area contributed by atoms with Gasteiger partial charge in [-0.15, -0.1) is 0 Å². The molecule has 0 aliphatic carbocycles. The Morgan fingerprint density at radius 3 is 2.64 bits per heavy atom. The standard InChI is InChI=1S/C20H20N4O3S/c1-15-8-10-16(11-9-15)4-2-7-20(25)23-17-5-3-6-19(12-17)28(26,27)24-18-13-21-22-14-18/h2-6,8-14,24H,7H2,1H3,(H,21,22)(H,23,25)/b4-2+. The Bertz CT molecular complexity index is 1070. The fourth-order valence-corrected chi connectivity index (χ4v) is 3.53. The highest BCUT2D eigenvalue weighted by molar-refractivity contribution is 7.92. The zero-order chi connectivity index (χ0) is 20.0. The fraction of sp³-hybridized carbons (Fsp3) is 0.100. The molecule has 0 radical (unpaired) electrons. The minimum Gasteiger partial charge on any atom is -0.326 e. The van der Waals surface area contributed by atoms with E-state index in [1.165, 1.54) is 30.1 Å². The highest BCUT2D eigenvalue weighted by atomic mass is 32.2. The highest BCUT2D eigenvalue weighted by Crippen LogP contribution is 2.19. The zero-order valence-electron chi connectivity index (χ0n) is 15.2. The number of nitrogens with one attached hydrogen (secondary N) is 3. The molecule has 144 valence electrons. The molecule has 0 bridgehead atoms. The van der Waals surface area contributed by atoms with Gasteiger partial charge in [-0.2, -0.15) is 5.10 Å². The van der Waals surface area contributed by atoms with Gasteiger partial charge in [-0.25, -0.2) is 8.42 Å². The molecule has 0 saturated heterocycles. The van der Waals surface area contributed by atoms with E-state index in [-0.39, 0.29) is 17.2 Å². The number of H-pyrrole nitrogens is 1. The Morgan fingerprint density at radius 2 is 1.93 bits per heavy atom. The van der Waals surface area contributed by atoms with Gasteiger partial charge in [0.15, 0.2) is 0 Å². The molecule has 1 amide bonds. The van der Waals surface area contributed by atoms with Crippen molar-refractivity contribution in [3.8, 4) is 0 Å². The predicted molar refractivity (Wildman–Crippen MR) is 109 cm³/mol. The summed E-state index contributed by atoms with van der Waals surface area (Å²) in [6.45, 7) is 2.01. The third kappa shape index (κ3) is 5.31. The van der Waals surface area contributed by atoms with Crippen LogP contribution in [0.25, 0.3) is 6.08 Å². The number of carbonyl (C=O) groups excluding carboxylic acids is 1. The van der Waals surface area contributed by atoms with E-state index in [4.69, 9.17) is 0 Å². The lowest BCUT2D eigenvalue weighted by atomic mass is 10.1. The number of hydrogen-bond donors (Lipinski definition) is 3. The van der Waals surface area contributed by atoms with Crippen molar-refractivity contribution in [2.75, 3.05) is 10.0 Å². The maximum atomic E-state index is 12.4. The van der Waals surface area contributed by atoms with E-state index < -0.39 is 10.0 Å². The van der Waals surface area contributed by atoms with Gasteiger partial charge in [0.25, 0.3) is 10.0 Å². The molecule has 2 aromatic carbocycles. The summed E-state index contributed by atoms with van der Waals surface area (Å²) in [5.74, 6) is -0.235. The average Bonchev–Trinajstić information content (AvgIpc) is 3.16. The van der Waals surface area contributed by atoms with Gasteiger partial charge in [0.05, 0.1) is 16.8 Å². The largest absolute Gasteiger partial charge is 0.326 e. The van der Waals surface area contributed by atoms with Gasteiger partial charge in [-0.1, -0.05) is 48.0 Å². The van der Waals surface area contributed by atoms with Crippen molar-refractivity contribution < 1.29 is 13.2 Å². The van der Waals surface area contributed by atoms with Crippen molar-refractivity contribution >= 4 is 33.4 Å². The van der Waals surface area contributed by atoms with Crippen LogP contribution in [0.2, 0.25) is 0 Å².